The Hall–Kier alpha value is -2.94. The van der Waals surface area contributed by atoms with Crippen molar-refractivity contribution >= 4 is 63.5 Å². The Kier molecular flexibility index (Phi) is 6.74. The molecule has 1 aliphatic heterocycles. The van der Waals surface area contributed by atoms with Gasteiger partial charge in [0.15, 0.2) is 5.11 Å². The molecule has 0 radical (unpaired) electrons. The normalized spacial score (nSPS) is 15.9. The van der Waals surface area contributed by atoms with Crippen LogP contribution in [0.2, 0.25) is 5.02 Å². The second-order valence-corrected chi connectivity index (χ2v) is 8.91. The van der Waals surface area contributed by atoms with E-state index >= 15 is 0 Å². The molecule has 1 aliphatic rings. The molecule has 6 nitrogen and oxygen atoms in total. The smallest absolute Gasteiger partial charge is 0.252 e. The third-order valence-corrected chi connectivity index (χ3v) is 6.66. The Labute approximate surface area is 200 Å². The van der Waals surface area contributed by atoms with E-state index in [1.165, 1.54) is 4.90 Å². The Bertz CT molecular complexity index is 1140. The molecule has 0 spiro atoms. The third-order valence-electron chi connectivity index (χ3n) is 5.06. The average Bonchev–Trinajstić information content (AvgIpc) is 3.38. The largest absolute Gasteiger partial charge is 0.497 e. The first kappa shape index (κ1) is 22.3. The van der Waals surface area contributed by atoms with E-state index in [0.717, 1.165) is 4.88 Å². The first-order valence-corrected chi connectivity index (χ1v) is 11.5. The van der Waals surface area contributed by atoms with Gasteiger partial charge in [0.25, 0.3) is 5.91 Å². The first-order valence-electron chi connectivity index (χ1n) is 9.83. The van der Waals surface area contributed by atoms with Crippen LogP contribution >= 0.6 is 35.2 Å². The van der Waals surface area contributed by atoms with Gasteiger partial charge in [0.05, 0.1) is 30.8 Å². The number of hydrogen-bond donors (Lipinski definition) is 1. The zero-order valence-corrected chi connectivity index (χ0v) is 19.5. The number of ether oxygens (including phenoxy) is 1. The van der Waals surface area contributed by atoms with Crippen LogP contribution in [0, 0.1) is 0 Å². The SMILES string of the molecule is COc1ccc(NC(=O)CC2C(=O)N(Cc3cccs3)C(=S)N2c2ccccc2Cl)cc1. The van der Waals surface area contributed by atoms with Crippen molar-refractivity contribution in [3.8, 4) is 5.75 Å². The summed E-state index contributed by atoms with van der Waals surface area (Å²) in [6.07, 6.45) is -0.0723. The quantitative estimate of drug-likeness (QED) is 0.480. The van der Waals surface area contributed by atoms with E-state index in [9.17, 15) is 9.59 Å². The predicted molar refractivity (Wildman–Crippen MR) is 131 cm³/mol. The van der Waals surface area contributed by atoms with Crippen molar-refractivity contribution in [2.75, 3.05) is 17.3 Å². The molecule has 1 unspecified atom stereocenters. The highest BCUT2D eigenvalue weighted by atomic mass is 35.5. The fourth-order valence-electron chi connectivity index (χ4n) is 3.51. The standard InChI is InChI=1S/C23H20ClN3O3S2/c1-30-16-10-8-15(9-11-16)25-21(28)13-20-22(29)26(14-17-5-4-12-32-17)23(31)27(20)19-7-3-2-6-18(19)24/h2-12,20H,13-14H2,1H3,(H,25,28). The van der Waals surface area contributed by atoms with Gasteiger partial charge in [-0.25, -0.2) is 0 Å². The maximum Gasteiger partial charge on any atom is 0.252 e. The Morgan fingerprint density at radius 2 is 1.91 bits per heavy atom. The lowest BCUT2D eigenvalue weighted by atomic mass is 10.1. The van der Waals surface area contributed by atoms with Gasteiger partial charge in [-0.2, -0.15) is 0 Å². The summed E-state index contributed by atoms with van der Waals surface area (Å²) >= 11 is 13.6. The number of thiophene rings is 1. The Morgan fingerprint density at radius 1 is 1.16 bits per heavy atom. The summed E-state index contributed by atoms with van der Waals surface area (Å²) in [4.78, 5) is 30.4. The molecule has 2 heterocycles. The highest BCUT2D eigenvalue weighted by molar-refractivity contribution is 7.80. The lowest BCUT2D eigenvalue weighted by molar-refractivity contribution is -0.129. The molecule has 1 saturated heterocycles. The molecule has 2 amide bonds. The number of rotatable bonds is 7. The number of thiocarbonyl (C=S) groups is 1. The van der Waals surface area contributed by atoms with Crippen LogP contribution in [0.15, 0.2) is 66.0 Å². The summed E-state index contributed by atoms with van der Waals surface area (Å²) in [7, 11) is 1.58. The lowest BCUT2D eigenvalue weighted by Gasteiger charge is -2.24. The van der Waals surface area contributed by atoms with E-state index in [-0.39, 0.29) is 18.2 Å². The molecular weight excluding hydrogens is 466 g/mol. The molecule has 164 valence electrons. The monoisotopic (exact) mass is 485 g/mol. The first-order chi connectivity index (χ1) is 15.5. The van der Waals surface area contributed by atoms with Crippen LogP contribution in [0.1, 0.15) is 11.3 Å². The molecular formula is C23H20ClN3O3S2. The maximum atomic E-state index is 13.4. The highest BCUT2D eigenvalue weighted by Gasteiger charge is 2.44. The number of hydrogen-bond acceptors (Lipinski definition) is 5. The molecule has 0 aliphatic carbocycles. The van der Waals surface area contributed by atoms with Gasteiger partial charge in [-0.05, 0) is 60.1 Å². The second-order valence-electron chi connectivity index (χ2n) is 7.10. The van der Waals surface area contributed by atoms with Gasteiger partial charge in [0, 0.05) is 10.6 Å². The van der Waals surface area contributed by atoms with Gasteiger partial charge in [-0.1, -0.05) is 29.8 Å². The van der Waals surface area contributed by atoms with Crippen LogP contribution < -0.4 is 15.0 Å². The molecule has 4 rings (SSSR count). The van der Waals surface area contributed by atoms with E-state index in [0.29, 0.717) is 33.8 Å². The maximum absolute atomic E-state index is 13.4. The Balaban J connectivity index is 1.58. The van der Waals surface area contributed by atoms with Gasteiger partial charge in [-0.15, -0.1) is 11.3 Å². The molecule has 2 aromatic carbocycles. The molecule has 1 N–H and O–H groups in total. The highest BCUT2D eigenvalue weighted by Crippen LogP contribution is 2.34. The number of amides is 2. The summed E-state index contributed by atoms with van der Waals surface area (Å²) in [6, 6.07) is 17.2. The zero-order chi connectivity index (χ0) is 22.7. The molecule has 9 heteroatoms. The number of halogens is 1. The van der Waals surface area contributed by atoms with Crippen LogP contribution in [-0.2, 0) is 16.1 Å². The van der Waals surface area contributed by atoms with Gasteiger partial charge < -0.3 is 15.0 Å². The minimum absolute atomic E-state index is 0.0723. The minimum Gasteiger partial charge on any atom is -0.497 e. The van der Waals surface area contributed by atoms with E-state index in [1.54, 1.807) is 59.7 Å². The van der Waals surface area contributed by atoms with Crippen LogP contribution in [0.4, 0.5) is 11.4 Å². The van der Waals surface area contributed by atoms with Crippen LogP contribution in [0.5, 0.6) is 5.75 Å². The van der Waals surface area contributed by atoms with E-state index in [1.807, 2.05) is 29.6 Å². The lowest BCUT2D eigenvalue weighted by Crippen LogP contribution is -2.38. The van der Waals surface area contributed by atoms with Crippen molar-refractivity contribution in [1.82, 2.24) is 4.90 Å². The van der Waals surface area contributed by atoms with Crippen LogP contribution in [0.25, 0.3) is 0 Å². The topological polar surface area (TPSA) is 61.9 Å². The van der Waals surface area contributed by atoms with Crippen molar-refractivity contribution in [2.24, 2.45) is 0 Å². The predicted octanol–water partition coefficient (Wildman–Crippen LogP) is 4.94. The number of benzene rings is 2. The molecule has 3 aromatic rings. The van der Waals surface area contributed by atoms with Gasteiger partial charge >= 0.3 is 0 Å². The number of para-hydroxylation sites is 1. The van der Waals surface area contributed by atoms with Gasteiger partial charge in [0.2, 0.25) is 5.91 Å². The van der Waals surface area contributed by atoms with Crippen LogP contribution in [-0.4, -0.2) is 35.0 Å². The number of methoxy groups -OCH3 is 1. The number of carbonyl (C=O) groups is 2. The zero-order valence-electron chi connectivity index (χ0n) is 17.2. The minimum atomic E-state index is -0.791. The summed E-state index contributed by atoms with van der Waals surface area (Å²) in [5, 5.41) is 5.58. The fraction of sp³-hybridized carbons (Fsp3) is 0.174. The molecule has 1 fully saturated rings. The van der Waals surface area contributed by atoms with Crippen molar-refractivity contribution in [1.29, 1.82) is 0 Å². The van der Waals surface area contributed by atoms with Gasteiger partial charge in [-0.3, -0.25) is 14.5 Å². The molecule has 1 atom stereocenters. The summed E-state index contributed by atoms with van der Waals surface area (Å²) < 4.78 is 5.14. The van der Waals surface area contributed by atoms with Gasteiger partial charge in [0.1, 0.15) is 11.8 Å². The van der Waals surface area contributed by atoms with Crippen molar-refractivity contribution < 1.29 is 14.3 Å². The molecule has 0 saturated carbocycles. The van der Waals surface area contributed by atoms with Crippen molar-refractivity contribution in [2.45, 2.75) is 19.0 Å². The fourth-order valence-corrected chi connectivity index (χ4v) is 4.81. The van der Waals surface area contributed by atoms with E-state index in [4.69, 9.17) is 28.6 Å². The molecule has 32 heavy (non-hydrogen) atoms. The third kappa shape index (κ3) is 4.62. The summed E-state index contributed by atoms with van der Waals surface area (Å²) in [5.41, 5.74) is 1.21. The Morgan fingerprint density at radius 3 is 2.56 bits per heavy atom. The number of carbonyl (C=O) groups excluding carboxylic acids is 2. The summed E-state index contributed by atoms with van der Waals surface area (Å²) in [5.74, 6) is 0.160. The van der Waals surface area contributed by atoms with E-state index in [2.05, 4.69) is 5.32 Å². The second kappa shape index (κ2) is 9.68. The van der Waals surface area contributed by atoms with Crippen LogP contribution in [0.3, 0.4) is 0 Å². The van der Waals surface area contributed by atoms with Crippen molar-refractivity contribution in [3.63, 3.8) is 0 Å². The van der Waals surface area contributed by atoms with Crippen molar-refractivity contribution in [3.05, 3.63) is 75.9 Å². The average molecular weight is 486 g/mol. The molecule has 0 bridgehead atoms. The number of anilines is 2. The summed E-state index contributed by atoms with van der Waals surface area (Å²) in [6.45, 7) is 0.354. The van der Waals surface area contributed by atoms with E-state index < -0.39 is 6.04 Å². The molecule has 1 aromatic heterocycles. The number of nitrogens with one attached hydrogen (secondary N) is 1. The number of nitrogens with zero attached hydrogens (tertiary/aromatic N) is 2.